The third-order valence-electron chi connectivity index (χ3n) is 9.26. The highest BCUT2D eigenvalue weighted by atomic mass is 16.5. The van der Waals surface area contributed by atoms with Crippen LogP contribution in [0.2, 0.25) is 0 Å². The Balaban J connectivity index is 1.28. The summed E-state index contributed by atoms with van der Waals surface area (Å²) in [6.45, 7) is 0. The summed E-state index contributed by atoms with van der Waals surface area (Å²) >= 11 is 0. The molecule has 3 N–H and O–H groups in total. The molecule has 3 aliphatic rings. The Morgan fingerprint density at radius 1 is 1.13 bits per heavy atom. The standard InChI is InChI=1S/C29H40N6O3/c1-35(2)29(21-10-5-4-6-11-21)14-12-28(13-15-29)17-23(33-34-28)22(16-20-8-7-9-20)26(36)27(37)32-24-18-30-19-25(31-24)38-3/h4-6,10-11,18-20,22-23,33-34H,7-9,12-17H2,1-3H3,(H,31,32,37)/t22?,23-,28?,29?/m0/s1. The van der Waals surface area contributed by atoms with E-state index in [4.69, 9.17) is 4.74 Å². The molecular weight excluding hydrogens is 480 g/mol. The minimum Gasteiger partial charge on any atom is -0.480 e. The van der Waals surface area contributed by atoms with E-state index in [1.165, 1.54) is 31.5 Å². The number of aromatic nitrogens is 2. The largest absolute Gasteiger partial charge is 0.480 e. The van der Waals surface area contributed by atoms with E-state index in [0.29, 0.717) is 5.92 Å². The second-order valence-corrected chi connectivity index (χ2v) is 11.6. The van der Waals surface area contributed by atoms with E-state index in [9.17, 15) is 9.59 Å². The van der Waals surface area contributed by atoms with Gasteiger partial charge >= 0.3 is 0 Å². The van der Waals surface area contributed by atoms with Crippen LogP contribution in [0.3, 0.4) is 0 Å². The molecule has 2 saturated carbocycles. The summed E-state index contributed by atoms with van der Waals surface area (Å²) in [5.74, 6) is -0.420. The molecule has 9 nitrogen and oxygen atoms in total. The normalized spacial score (nSPS) is 28.2. The predicted molar refractivity (Wildman–Crippen MR) is 145 cm³/mol. The molecule has 1 aromatic carbocycles. The van der Waals surface area contributed by atoms with Gasteiger partial charge in [-0.3, -0.25) is 30.3 Å². The van der Waals surface area contributed by atoms with Gasteiger partial charge in [-0.25, -0.2) is 0 Å². The van der Waals surface area contributed by atoms with Crippen LogP contribution in [0.15, 0.2) is 42.7 Å². The fourth-order valence-corrected chi connectivity index (χ4v) is 6.62. The zero-order valence-electron chi connectivity index (χ0n) is 22.7. The van der Waals surface area contributed by atoms with Crippen LogP contribution in [0, 0.1) is 11.8 Å². The topological polar surface area (TPSA) is 108 Å². The van der Waals surface area contributed by atoms with Crippen LogP contribution in [0.1, 0.15) is 63.4 Å². The summed E-state index contributed by atoms with van der Waals surface area (Å²) in [6, 6.07) is 10.7. The number of Topliss-reactive ketones (excluding diaryl/α,β-unsaturated/α-hetero) is 1. The quantitative estimate of drug-likeness (QED) is 0.432. The number of anilines is 1. The van der Waals surface area contributed by atoms with Crippen molar-refractivity contribution in [2.24, 2.45) is 11.8 Å². The summed E-state index contributed by atoms with van der Waals surface area (Å²) < 4.78 is 5.09. The van der Waals surface area contributed by atoms with E-state index in [1.54, 1.807) is 0 Å². The highest BCUT2D eigenvalue weighted by Crippen LogP contribution is 2.48. The second kappa shape index (κ2) is 11.1. The zero-order valence-corrected chi connectivity index (χ0v) is 22.7. The summed E-state index contributed by atoms with van der Waals surface area (Å²) in [4.78, 5) is 37.2. The van der Waals surface area contributed by atoms with Gasteiger partial charge in [0.2, 0.25) is 11.7 Å². The monoisotopic (exact) mass is 520 g/mol. The molecule has 9 heteroatoms. The van der Waals surface area contributed by atoms with Gasteiger partial charge in [0.25, 0.3) is 5.91 Å². The molecule has 0 bridgehead atoms. The van der Waals surface area contributed by atoms with E-state index in [-0.39, 0.29) is 40.5 Å². The van der Waals surface area contributed by atoms with Crippen molar-refractivity contribution < 1.29 is 14.3 Å². The predicted octanol–water partition coefficient (Wildman–Crippen LogP) is 3.44. The van der Waals surface area contributed by atoms with Crippen molar-refractivity contribution in [3.8, 4) is 5.88 Å². The van der Waals surface area contributed by atoms with Crippen molar-refractivity contribution in [2.45, 2.75) is 74.9 Å². The van der Waals surface area contributed by atoms with E-state index < -0.39 is 5.91 Å². The molecule has 1 aliphatic heterocycles. The average Bonchev–Trinajstić information content (AvgIpc) is 3.32. The molecule has 38 heavy (non-hydrogen) atoms. The molecular formula is C29H40N6O3. The first kappa shape index (κ1) is 26.7. The lowest BCUT2D eigenvalue weighted by Crippen LogP contribution is -2.53. The molecule has 5 rings (SSSR count). The fourth-order valence-electron chi connectivity index (χ4n) is 6.62. The van der Waals surface area contributed by atoms with Crippen LogP contribution in [-0.4, -0.2) is 59.3 Å². The third-order valence-corrected chi connectivity index (χ3v) is 9.26. The van der Waals surface area contributed by atoms with E-state index >= 15 is 0 Å². The number of nitrogens with one attached hydrogen (secondary N) is 3. The fraction of sp³-hybridized carbons (Fsp3) is 0.586. The smallest absolute Gasteiger partial charge is 0.293 e. The van der Waals surface area contributed by atoms with Crippen LogP contribution >= 0.6 is 0 Å². The summed E-state index contributed by atoms with van der Waals surface area (Å²) in [5, 5.41) is 2.65. The number of rotatable bonds is 9. The van der Waals surface area contributed by atoms with Gasteiger partial charge < -0.3 is 10.1 Å². The van der Waals surface area contributed by atoms with Crippen molar-refractivity contribution in [1.29, 1.82) is 0 Å². The number of carbonyl (C=O) groups is 2. The van der Waals surface area contributed by atoms with E-state index in [1.807, 2.05) is 0 Å². The number of nitrogens with zero attached hydrogens (tertiary/aromatic N) is 3. The highest BCUT2D eigenvalue weighted by Gasteiger charge is 2.50. The molecule has 1 saturated heterocycles. The maximum Gasteiger partial charge on any atom is 0.293 e. The molecule has 1 amide bonds. The van der Waals surface area contributed by atoms with Crippen LogP contribution in [-0.2, 0) is 15.1 Å². The molecule has 1 aromatic heterocycles. The van der Waals surface area contributed by atoms with Crippen molar-refractivity contribution in [3.63, 3.8) is 0 Å². The number of hydrazine groups is 1. The summed E-state index contributed by atoms with van der Waals surface area (Å²) in [7, 11) is 5.83. The Labute approximate surface area is 225 Å². The first-order valence-electron chi connectivity index (χ1n) is 13.8. The van der Waals surface area contributed by atoms with Crippen molar-refractivity contribution in [2.75, 3.05) is 26.5 Å². The Kier molecular flexibility index (Phi) is 7.79. The minimum absolute atomic E-state index is 0.00505. The van der Waals surface area contributed by atoms with E-state index in [0.717, 1.165) is 51.4 Å². The molecule has 2 atom stereocenters. The number of ether oxygens (including phenoxy) is 1. The molecule has 2 aliphatic carbocycles. The summed E-state index contributed by atoms with van der Waals surface area (Å²) in [6.07, 6.45) is 12.0. The van der Waals surface area contributed by atoms with Crippen molar-refractivity contribution >= 4 is 17.5 Å². The first-order chi connectivity index (χ1) is 18.3. The SMILES string of the molecule is COc1cncc(NC(=O)C(=O)C(CC2CCC2)[C@@H]2CC3(CCC(c4ccccc4)(N(C)C)CC3)NN2)n1. The maximum absolute atomic E-state index is 13.5. The van der Waals surface area contributed by atoms with Gasteiger partial charge in [0.15, 0.2) is 5.82 Å². The van der Waals surface area contributed by atoms with Crippen LogP contribution in [0.5, 0.6) is 5.88 Å². The number of hydrogen-bond acceptors (Lipinski definition) is 8. The first-order valence-corrected chi connectivity index (χ1v) is 13.8. The van der Waals surface area contributed by atoms with Gasteiger partial charge in [0.05, 0.1) is 19.5 Å². The zero-order chi connectivity index (χ0) is 26.8. The van der Waals surface area contributed by atoms with Gasteiger partial charge in [0.1, 0.15) is 0 Å². The van der Waals surface area contributed by atoms with Gasteiger partial charge in [0, 0.05) is 23.0 Å². The number of methoxy groups -OCH3 is 1. The number of hydrogen-bond donors (Lipinski definition) is 3. The molecule has 1 unspecified atom stereocenters. The molecule has 3 fully saturated rings. The minimum atomic E-state index is -0.640. The Morgan fingerprint density at radius 3 is 2.50 bits per heavy atom. The lowest BCUT2D eigenvalue weighted by molar-refractivity contribution is -0.138. The van der Waals surface area contributed by atoms with E-state index in [2.05, 4.69) is 75.5 Å². The van der Waals surface area contributed by atoms with Crippen LogP contribution < -0.4 is 20.9 Å². The Morgan fingerprint density at radius 2 is 1.87 bits per heavy atom. The number of carbonyl (C=O) groups excluding carboxylic acids is 2. The molecule has 0 radical (unpaired) electrons. The Bertz CT molecular complexity index is 1130. The lowest BCUT2D eigenvalue weighted by Gasteiger charge is -2.49. The maximum atomic E-state index is 13.5. The molecule has 204 valence electrons. The second-order valence-electron chi connectivity index (χ2n) is 11.6. The average molecular weight is 521 g/mol. The number of amides is 1. The third kappa shape index (κ3) is 5.32. The molecule has 1 spiro atoms. The molecule has 2 aromatic rings. The number of ketones is 1. The summed E-state index contributed by atoms with van der Waals surface area (Å²) in [5.41, 5.74) is 8.37. The van der Waals surface area contributed by atoms with Gasteiger partial charge in [-0.2, -0.15) is 4.98 Å². The van der Waals surface area contributed by atoms with Crippen LogP contribution in [0.25, 0.3) is 0 Å². The van der Waals surface area contributed by atoms with Gasteiger partial charge in [-0.05, 0) is 64.1 Å². The highest BCUT2D eigenvalue weighted by molar-refractivity contribution is 6.41. The van der Waals surface area contributed by atoms with Crippen LogP contribution in [0.4, 0.5) is 5.82 Å². The van der Waals surface area contributed by atoms with Crippen molar-refractivity contribution in [3.05, 3.63) is 48.3 Å². The van der Waals surface area contributed by atoms with Gasteiger partial charge in [-0.15, -0.1) is 0 Å². The Hall–Kier alpha value is -2.88. The van der Waals surface area contributed by atoms with Crippen molar-refractivity contribution in [1.82, 2.24) is 25.7 Å². The van der Waals surface area contributed by atoms with Gasteiger partial charge in [-0.1, -0.05) is 49.6 Å². The number of benzene rings is 1. The molecule has 2 heterocycles. The lowest BCUT2D eigenvalue weighted by atomic mass is 9.66.